The number of benzene rings is 2. The van der Waals surface area contributed by atoms with Crippen LogP contribution in [0.5, 0.6) is 5.75 Å². The van der Waals surface area contributed by atoms with Crippen LogP contribution in [0.15, 0.2) is 54.7 Å². The van der Waals surface area contributed by atoms with Gasteiger partial charge in [-0.15, -0.1) is 0 Å². The summed E-state index contributed by atoms with van der Waals surface area (Å²) in [6.07, 6.45) is -3.03. The fraction of sp³-hybridized carbons (Fsp3) is 0.286. The van der Waals surface area contributed by atoms with Gasteiger partial charge in [0.05, 0.1) is 18.7 Å². The number of aromatic nitrogens is 1. The highest BCUT2D eigenvalue weighted by Gasteiger charge is 2.31. The SMILES string of the molecule is O=C(c1ccc2cc[nH]c2c1)N1CCOC(COc2cccc(C(F)(F)F)c2)C1. The molecule has 0 bridgehead atoms. The molecule has 0 radical (unpaired) electrons. The number of carbonyl (C=O) groups is 1. The zero-order valence-corrected chi connectivity index (χ0v) is 15.4. The summed E-state index contributed by atoms with van der Waals surface area (Å²) >= 11 is 0. The van der Waals surface area contributed by atoms with Gasteiger partial charge < -0.3 is 19.4 Å². The molecule has 8 heteroatoms. The second-order valence-electron chi connectivity index (χ2n) is 6.86. The second-order valence-corrected chi connectivity index (χ2v) is 6.86. The van der Waals surface area contributed by atoms with Gasteiger partial charge in [-0.05, 0) is 41.8 Å². The molecule has 1 aromatic heterocycles. The molecule has 1 aliphatic rings. The van der Waals surface area contributed by atoms with E-state index in [1.54, 1.807) is 17.0 Å². The van der Waals surface area contributed by atoms with Crippen LogP contribution in [0.4, 0.5) is 13.2 Å². The predicted molar refractivity (Wildman–Crippen MR) is 101 cm³/mol. The van der Waals surface area contributed by atoms with Gasteiger partial charge in [0.1, 0.15) is 18.5 Å². The van der Waals surface area contributed by atoms with E-state index in [-0.39, 0.29) is 18.3 Å². The van der Waals surface area contributed by atoms with E-state index in [1.165, 1.54) is 12.1 Å². The Morgan fingerprint density at radius 1 is 1.21 bits per heavy atom. The minimum atomic E-state index is -4.43. The number of aromatic amines is 1. The molecule has 2 aromatic carbocycles. The summed E-state index contributed by atoms with van der Waals surface area (Å²) in [6, 6.07) is 12.1. The first-order valence-electron chi connectivity index (χ1n) is 9.18. The van der Waals surface area contributed by atoms with Crippen molar-refractivity contribution in [1.29, 1.82) is 0 Å². The number of rotatable bonds is 4. The van der Waals surface area contributed by atoms with Crippen molar-refractivity contribution in [3.8, 4) is 5.75 Å². The molecule has 2 heterocycles. The Kier molecular flexibility index (Phi) is 5.19. The summed E-state index contributed by atoms with van der Waals surface area (Å²) in [4.78, 5) is 17.6. The largest absolute Gasteiger partial charge is 0.491 e. The maximum Gasteiger partial charge on any atom is 0.416 e. The van der Waals surface area contributed by atoms with Crippen molar-refractivity contribution in [2.24, 2.45) is 0 Å². The van der Waals surface area contributed by atoms with Gasteiger partial charge in [-0.2, -0.15) is 13.2 Å². The van der Waals surface area contributed by atoms with Gasteiger partial charge >= 0.3 is 6.18 Å². The van der Waals surface area contributed by atoms with Crippen LogP contribution >= 0.6 is 0 Å². The number of H-pyrrole nitrogens is 1. The van der Waals surface area contributed by atoms with Crippen molar-refractivity contribution < 1.29 is 27.4 Å². The quantitative estimate of drug-likeness (QED) is 0.712. The van der Waals surface area contributed by atoms with E-state index in [4.69, 9.17) is 9.47 Å². The summed E-state index contributed by atoms with van der Waals surface area (Å²) in [5.74, 6) is -0.00191. The number of hydrogen-bond donors (Lipinski definition) is 1. The number of nitrogens with zero attached hydrogens (tertiary/aromatic N) is 1. The first-order valence-corrected chi connectivity index (χ1v) is 9.18. The highest BCUT2D eigenvalue weighted by Crippen LogP contribution is 2.31. The average Bonchev–Trinajstić information content (AvgIpc) is 3.19. The monoisotopic (exact) mass is 404 g/mol. The predicted octanol–water partition coefficient (Wildman–Crippen LogP) is 4.11. The van der Waals surface area contributed by atoms with E-state index in [0.717, 1.165) is 23.0 Å². The number of nitrogens with one attached hydrogen (secondary N) is 1. The van der Waals surface area contributed by atoms with E-state index in [2.05, 4.69) is 4.98 Å². The van der Waals surface area contributed by atoms with Gasteiger partial charge in [-0.1, -0.05) is 12.1 Å². The number of fused-ring (bicyclic) bond motifs is 1. The lowest BCUT2D eigenvalue weighted by Crippen LogP contribution is -2.47. The van der Waals surface area contributed by atoms with Crippen molar-refractivity contribution in [2.75, 3.05) is 26.3 Å². The lowest BCUT2D eigenvalue weighted by Gasteiger charge is -2.33. The topological polar surface area (TPSA) is 54.6 Å². The molecule has 152 valence electrons. The van der Waals surface area contributed by atoms with E-state index < -0.39 is 17.8 Å². The molecule has 4 rings (SSSR count). The van der Waals surface area contributed by atoms with Crippen LogP contribution in [0.25, 0.3) is 10.9 Å². The fourth-order valence-electron chi connectivity index (χ4n) is 3.32. The Morgan fingerprint density at radius 3 is 2.90 bits per heavy atom. The third-order valence-corrected chi connectivity index (χ3v) is 4.83. The Hall–Kier alpha value is -3.00. The summed E-state index contributed by atoms with van der Waals surface area (Å²) in [6.45, 7) is 1.15. The summed E-state index contributed by atoms with van der Waals surface area (Å²) in [7, 11) is 0. The number of hydrogen-bond acceptors (Lipinski definition) is 3. The van der Waals surface area contributed by atoms with E-state index >= 15 is 0 Å². The Morgan fingerprint density at radius 2 is 2.07 bits per heavy atom. The number of halogens is 3. The molecule has 1 atom stereocenters. The number of carbonyl (C=O) groups excluding carboxylic acids is 1. The highest BCUT2D eigenvalue weighted by molar-refractivity contribution is 5.98. The molecule has 0 spiro atoms. The molecular formula is C21H19F3N2O3. The van der Waals surface area contributed by atoms with Crippen molar-refractivity contribution >= 4 is 16.8 Å². The minimum Gasteiger partial charge on any atom is -0.491 e. The fourth-order valence-corrected chi connectivity index (χ4v) is 3.32. The highest BCUT2D eigenvalue weighted by atomic mass is 19.4. The maximum absolute atomic E-state index is 12.8. The van der Waals surface area contributed by atoms with Gasteiger partial charge in [-0.25, -0.2) is 0 Å². The summed E-state index contributed by atoms with van der Waals surface area (Å²) < 4.78 is 49.6. The van der Waals surface area contributed by atoms with Gasteiger partial charge in [0.15, 0.2) is 0 Å². The van der Waals surface area contributed by atoms with Crippen LogP contribution < -0.4 is 4.74 Å². The van der Waals surface area contributed by atoms with Crippen LogP contribution in [-0.4, -0.2) is 48.2 Å². The lowest BCUT2D eigenvalue weighted by molar-refractivity contribution is -0.137. The van der Waals surface area contributed by atoms with Crippen molar-refractivity contribution in [1.82, 2.24) is 9.88 Å². The van der Waals surface area contributed by atoms with Crippen molar-refractivity contribution in [3.05, 3.63) is 65.9 Å². The molecule has 1 unspecified atom stereocenters. The summed E-state index contributed by atoms with van der Waals surface area (Å²) in [5, 5.41) is 1.02. The first-order chi connectivity index (χ1) is 13.9. The van der Waals surface area contributed by atoms with Crippen LogP contribution in [-0.2, 0) is 10.9 Å². The van der Waals surface area contributed by atoms with Gasteiger partial charge in [0.25, 0.3) is 5.91 Å². The van der Waals surface area contributed by atoms with Gasteiger partial charge in [0, 0.05) is 23.8 Å². The molecule has 0 saturated carbocycles. The smallest absolute Gasteiger partial charge is 0.416 e. The standard InChI is InChI=1S/C21H19F3N2O3/c22-21(23,24)16-2-1-3-17(11-16)29-13-18-12-26(8-9-28-18)20(27)15-5-4-14-6-7-25-19(14)10-15/h1-7,10-11,18,25H,8-9,12-13H2. The van der Waals surface area contributed by atoms with Gasteiger partial charge in [-0.3, -0.25) is 4.79 Å². The zero-order chi connectivity index (χ0) is 20.4. The molecule has 1 amide bonds. The molecule has 1 fully saturated rings. The van der Waals surface area contributed by atoms with E-state index in [1.807, 2.05) is 18.3 Å². The lowest BCUT2D eigenvalue weighted by atomic mass is 10.1. The Bertz CT molecular complexity index is 1020. The van der Waals surface area contributed by atoms with Crippen LogP contribution in [0.2, 0.25) is 0 Å². The number of amides is 1. The molecule has 3 aromatic rings. The third kappa shape index (κ3) is 4.37. The van der Waals surface area contributed by atoms with Crippen LogP contribution in [0.1, 0.15) is 15.9 Å². The minimum absolute atomic E-state index is 0.0563. The summed E-state index contributed by atoms with van der Waals surface area (Å²) in [5.41, 5.74) is 0.684. The van der Waals surface area contributed by atoms with E-state index in [0.29, 0.717) is 25.3 Å². The normalized spacial score (nSPS) is 17.5. The van der Waals surface area contributed by atoms with Crippen LogP contribution in [0.3, 0.4) is 0 Å². The number of ether oxygens (including phenoxy) is 2. The molecular weight excluding hydrogens is 385 g/mol. The third-order valence-electron chi connectivity index (χ3n) is 4.83. The van der Waals surface area contributed by atoms with Crippen molar-refractivity contribution in [2.45, 2.75) is 12.3 Å². The van der Waals surface area contributed by atoms with Crippen molar-refractivity contribution in [3.63, 3.8) is 0 Å². The number of morpholine rings is 1. The molecule has 29 heavy (non-hydrogen) atoms. The number of alkyl halides is 3. The molecule has 1 aliphatic heterocycles. The Balaban J connectivity index is 1.39. The zero-order valence-electron chi connectivity index (χ0n) is 15.4. The Labute approximate surface area is 165 Å². The van der Waals surface area contributed by atoms with Crippen LogP contribution in [0, 0.1) is 0 Å². The first kappa shape index (κ1) is 19.3. The second kappa shape index (κ2) is 7.79. The average molecular weight is 404 g/mol. The van der Waals surface area contributed by atoms with Gasteiger partial charge in [0.2, 0.25) is 0 Å². The molecule has 0 aliphatic carbocycles. The molecule has 1 N–H and O–H groups in total. The molecule has 5 nitrogen and oxygen atoms in total. The van der Waals surface area contributed by atoms with E-state index in [9.17, 15) is 18.0 Å². The maximum atomic E-state index is 12.8. The molecule has 1 saturated heterocycles.